The van der Waals surface area contributed by atoms with Crippen LogP contribution in [0, 0.1) is 0 Å². The number of nitrogens with zero attached hydrogens (tertiary/aromatic N) is 3. The second-order valence-corrected chi connectivity index (χ2v) is 12.3. The highest BCUT2D eigenvalue weighted by atomic mass is 35.5. The lowest BCUT2D eigenvalue weighted by atomic mass is 9.88. The Hall–Kier alpha value is -3.01. The monoisotopic (exact) mass is 554 g/mol. The summed E-state index contributed by atoms with van der Waals surface area (Å²) in [5, 5.41) is 10.4. The molecule has 0 spiro atoms. The molecule has 0 saturated heterocycles. The van der Waals surface area contributed by atoms with Crippen LogP contribution in [-0.4, -0.2) is 33.9 Å². The number of carbonyl (C=O) groups excluding carboxylic acids is 2. The maximum Gasteiger partial charge on any atom is 0.240 e. The first-order chi connectivity index (χ1) is 17.7. The lowest BCUT2D eigenvalue weighted by Crippen LogP contribution is -2.42. The Bertz CT molecular complexity index is 1410. The van der Waals surface area contributed by atoms with Crippen LogP contribution >= 0.6 is 34.7 Å². The SMILES string of the molecule is CC(C)(C)c1nn(-c2cccc(Cl)c2)c2c1[C@H](c1cccs1)SCC(=O)N2CC(=O)NCc1ccco1. The van der Waals surface area contributed by atoms with Crippen molar-refractivity contribution in [3.05, 3.63) is 87.1 Å². The van der Waals surface area contributed by atoms with E-state index in [-0.39, 0.29) is 41.3 Å². The van der Waals surface area contributed by atoms with Crippen molar-refractivity contribution in [1.29, 1.82) is 0 Å². The zero-order valence-electron chi connectivity index (χ0n) is 20.7. The van der Waals surface area contributed by atoms with Gasteiger partial charge in [-0.2, -0.15) is 5.10 Å². The van der Waals surface area contributed by atoms with Crippen LogP contribution in [0.5, 0.6) is 0 Å². The molecule has 1 aliphatic heterocycles. The van der Waals surface area contributed by atoms with Crippen LogP contribution < -0.4 is 10.2 Å². The third-order valence-electron chi connectivity index (χ3n) is 6.00. The highest BCUT2D eigenvalue weighted by molar-refractivity contribution is 8.00. The first kappa shape index (κ1) is 25.6. The molecular formula is C27H27ClN4O3S2. The summed E-state index contributed by atoms with van der Waals surface area (Å²) in [6, 6.07) is 15.0. The minimum absolute atomic E-state index is 0.0997. The largest absolute Gasteiger partial charge is 0.467 e. The third-order valence-corrected chi connectivity index (χ3v) is 8.55. The quantitative estimate of drug-likeness (QED) is 0.318. The average molecular weight is 555 g/mol. The number of benzene rings is 1. The number of hydrogen-bond donors (Lipinski definition) is 1. The van der Waals surface area contributed by atoms with E-state index < -0.39 is 0 Å². The van der Waals surface area contributed by atoms with E-state index >= 15 is 0 Å². The summed E-state index contributed by atoms with van der Waals surface area (Å²) in [6.07, 6.45) is 1.56. The van der Waals surface area contributed by atoms with Crippen molar-refractivity contribution in [2.75, 3.05) is 17.2 Å². The number of thiophene rings is 1. The lowest BCUT2D eigenvalue weighted by molar-refractivity contribution is -0.123. The Kier molecular flexibility index (Phi) is 7.20. The van der Waals surface area contributed by atoms with Gasteiger partial charge in [0.1, 0.15) is 18.1 Å². The molecule has 0 radical (unpaired) electrons. The number of halogens is 1. The number of thioether (sulfide) groups is 1. The first-order valence-corrected chi connectivity index (χ1v) is 14.2. The van der Waals surface area contributed by atoms with Crippen LogP contribution in [0.2, 0.25) is 5.02 Å². The van der Waals surface area contributed by atoms with Gasteiger partial charge in [-0.1, -0.05) is 44.5 Å². The lowest BCUT2D eigenvalue weighted by Gasteiger charge is -2.24. The number of fused-ring (bicyclic) bond motifs is 1. The van der Waals surface area contributed by atoms with Crippen LogP contribution in [0.15, 0.2) is 64.6 Å². The number of rotatable bonds is 6. The van der Waals surface area contributed by atoms with Gasteiger partial charge in [0.15, 0.2) is 0 Å². The molecule has 3 aromatic heterocycles. The van der Waals surface area contributed by atoms with Gasteiger partial charge >= 0.3 is 0 Å². The van der Waals surface area contributed by atoms with Crippen molar-refractivity contribution in [2.24, 2.45) is 0 Å². The zero-order valence-corrected chi connectivity index (χ0v) is 23.1. The Labute approximate surface area is 228 Å². The number of anilines is 1. The van der Waals surface area contributed by atoms with Gasteiger partial charge < -0.3 is 9.73 Å². The Balaban J connectivity index is 1.65. The van der Waals surface area contributed by atoms with Gasteiger partial charge in [0, 0.05) is 20.9 Å². The van der Waals surface area contributed by atoms with E-state index in [1.54, 1.807) is 57.1 Å². The summed E-state index contributed by atoms with van der Waals surface area (Å²) in [4.78, 5) is 29.4. The van der Waals surface area contributed by atoms with E-state index in [1.165, 1.54) is 0 Å². The fraction of sp³-hybridized carbons (Fsp3) is 0.296. The molecule has 192 valence electrons. The Morgan fingerprint density at radius 1 is 1.22 bits per heavy atom. The molecule has 1 atom stereocenters. The van der Waals surface area contributed by atoms with Crippen molar-refractivity contribution < 1.29 is 14.0 Å². The highest BCUT2D eigenvalue weighted by Crippen LogP contribution is 2.49. The molecule has 4 heterocycles. The first-order valence-electron chi connectivity index (χ1n) is 11.9. The van der Waals surface area contributed by atoms with E-state index in [0.717, 1.165) is 21.8 Å². The number of hydrogen-bond acceptors (Lipinski definition) is 6. The molecule has 0 unspecified atom stereocenters. The van der Waals surface area contributed by atoms with Gasteiger partial charge in [0.05, 0.1) is 35.2 Å². The minimum Gasteiger partial charge on any atom is -0.467 e. The third kappa shape index (κ3) is 5.35. The summed E-state index contributed by atoms with van der Waals surface area (Å²) in [5.74, 6) is 1.05. The van der Waals surface area contributed by atoms with Gasteiger partial charge in [0.2, 0.25) is 11.8 Å². The number of amides is 2. The van der Waals surface area contributed by atoms with Crippen molar-refractivity contribution in [2.45, 2.75) is 38.0 Å². The molecule has 10 heteroatoms. The average Bonchev–Trinajstić information content (AvgIpc) is 3.61. The molecule has 0 saturated carbocycles. The maximum atomic E-state index is 13.6. The molecule has 0 bridgehead atoms. The molecular weight excluding hydrogens is 528 g/mol. The molecule has 1 aromatic carbocycles. The molecule has 0 aliphatic carbocycles. The van der Waals surface area contributed by atoms with E-state index in [0.29, 0.717) is 16.6 Å². The molecule has 4 aromatic rings. The summed E-state index contributed by atoms with van der Waals surface area (Å²) in [7, 11) is 0. The van der Waals surface area contributed by atoms with Gasteiger partial charge in [-0.3, -0.25) is 14.5 Å². The predicted molar refractivity (Wildman–Crippen MR) is 149 cm³/mol. The number of furan rings is 1. The fourth-order valence-corrected chi connectivity index (χ4v) is 6.68. The molecule has 37 heavy (non-hydrogen) atoms. The summed E-state index contributed by atoms with van der Waals surface area (Å²) in [6.45, 7) is 6.44. The number of nitrogens with one attached hydrogen (secondary N) is 1. The van der Waals surface area contributed by atoms with Crippen molar-refractivity contribution >= 4 is 52.3 Å². The zero-order chi connectivity index (χ0) is 26.2. The Morgan fingerprint density at radius 3 is 2.73 bits per heavy atom. The van der Waals surface area contributed by atoms with Crippen LogP contribution in [0.3, 0.4) is 0 Å². The smallest absolute Gasteiger partial charge is 0.240 e. The van der Waals surface area contributed by atoms with Gasteiger partial charge in [-0.15, -0.1) is 23.1 Å². The number of aromatic nitrogens is 2. The van der Waals surface area contributed by atoms with Gasteiger partial charge in [0.25, 0.3) is 0 Å². The van der Waals surface area contributed by atoms with Crippen molar-refractivity contribution in [1.82, 2.24) is 15.1 Å². The summed E-state index contributed by atoms with van der Waals surface area (Å²) >= 11 is 9.58. The summed E-state index contributed by atoms with van der Waals surface area (Å²) < 4.78 is 7.10. The predicted octanol–water partition coefficient (Wildman–Crippen LogP) is 5.96. The normalized spacial score (nSPS) is 15.9. The number of carbonyl (C=O) groups is 2. The van der Waals surface area contributed by atoms with Crippen LogP contribution in [0.4, 0.5) is 5.82 Å². The van der Waals surface area contributed by atoms with Crippen LogP contribution in [0.25, 0.3) is 5.69 Å². The van der Waals surface area contributed by atoms with Gasteiger partial charge in [-0.05, 0) is 41.8 Å². The standard InChI is InChI=1S/C27H27ClN4O3S2/c1-27(2,3)25-23-24(20-10-6-12-36-20)37-16-22(34)31(15-21(33)29-14-19-9-5-11-35-19)26(23)32(30-25)18-8-4-7-17(28)13-18/h4-13,24H,14-16H2,1-3H3,(H,29,33)/t24-/m0/s1. The minimum atomic E-state index is -0.315. The van der Waals surface area contributed by atoms with E-state index in [9.17, 15) is 9.59 Å². The molecule has 2 amide bonds. The molecule has 0 fully saturated rings. The topological polar surface area (TPSA) is 80.4 Å². The van der Waals surface area contributed by atoms with Crippen molar-refractivity contribution in [3.8, 4) is 5.69 Å². The second-order valence-electron chi connectivity index (χ2n) is 9.77. The summed E-state index contributed by atoms with van der Waals surface area (Å²) in [5.41, 5.74) is 2.24. The second kappa shape index (κ2) is 10.4. The van der Waals surface area contributed by atoms with E-state index in [2.05, 4.69) is 32.2 Å². The van der Waals surface area contributed by atoms with E-state index in [4.69, 9.17) is 21.1 Å². The highest BCUT2D eigenvalue weighted by Gasteiger charge is 2.40. The molecule has 7 nitrogen and oxygen atoms in total. The van der Waals surface area contributed by atoms with Crippen LogP contribution in [0.1, 0.15) is 47.9 Å². The maximum absolute atomic E-state index is 13.6. The molecule has 5 rings (SSSR count). The van der Waals surface area contributed by atoms with Crippen LogP contribution in [-0.2, 0) is 21.5 Å². The Morgan fingerprint density at radius 2 is 2.05 bits per heavy atom. The van der Waals surface area contributed by atoms with E-state index in [1.807, 2.05) is 29.6 Å². The van der Waals surface area contributed by atoms with Gasteiger partial charge in [-0.25, -0.2) is 4.68 Å². The van der Waals surface area contributed by atoms with Crippen molar-refractivity contribution in [3.63, 3.8) is 0 Å². The molecule has 1 N–H and O–H groups in total. The fourth-order valence-electron chi connectivity index (χ4n) is 4.32. The molecule has 1 aliphatic rings.